The summed E-state index contributed by atoms with van der Waals surface area (Å²) < 4.78 is 0. The van der Waals surface area contributed by atoms with Crippen LogP contribution in [-0.2, 0) is 11.2 Å². The fraction of sp³-hybridized carbons (Fsp3) is 0.111. The highest BCUT2D eigenvalue weighted by atomic mass is 16.4. The minimum atomic E-state index is -0.906. The van der Waals surface area contributed by atoms with Crippen molar-refractivity contribution in [3.8, 4) is 12.3 Å². The molecule has 3 nitrogen and oxygen atoms in total. The first-order valence-electron chi connectivity index (χ1n) is 3.35. The van der Waals surface area contributed by atoms with Crippen LogP contribution in [0.1, 0.15) is 11.3 Å². The van der Waals surface area contributed by atoms with Crippen molar-refractivity contribution >= 4 is 5.97 Å². The lowest BCUT2D eigenvalue weighted by molar-refractivity contribution is -0.136. The number of hydrogen-bond donors (Lipinski definition) is 1. The first kappa shape index (κ1) is 8.28. The summed E-state index contributed by atoms with van der Waals surface area (Å²) in [5, 5.41) is 8.44. The van der Waals surface area contributed by atoms with Gasteiger partial charge in [-0.2, -0.15) is 0 Å². The Morgan fingerprint density at radius 2 is 2.50 bits per heavy atom. The van der Waals surface area contributed by atoms with Crippen LogP contribution in [-0.4, -0.2) is 16.1 Å². The Morgan fingerprint density at radius 1 is 1.75 bits per heavy atom. The predicted molar refractivity (Wildman–Crippen MR) is 43.5 cm³/mol. The number of aliphatic carboxylic acids is 1. The molecule has 12 heavy (non-hydrogen) atoms. The molecule has 1 aromatic rings. The quantitative estimate of drug-likeness (QED) is 0.649. The van der Waals surface area contributed by atoms with Gasteiger partial charge in [0.15, 0.2) is 0 Å². The number of hydrogen-bond acceptors (Lipinski definition) is 2. The number of rotatable bonds is 2. The van der Waals surface area contributed by atoms with Gasteiger partial charge in [-0.1, -0.05) is 5.92 Å². The molecule has 0 saturated heterocycles. The van der Waals surface area contributed by atoms with E-state index in [0.717, 1.165) is 0 Å². The van der Waals surface area contributed by atoms with E-state index in [2.05, 4.69) is 10.9 Å². The van der Waals surface area contributed by atoms with Gasteiger partial charge < -0.3 is 5.11 Å². The highest BCUT2D eigenvalue weighted by molar-refractivity contribution is 5.69. The summed E-state index contributed by atoms with van der Waals surface area (Å²) in [7, 11) is 0. The predicted octanol–water partition coefficient (Wildman–Crippen LogP) is 0.690. The Balaban J connectivity index is 2.88. The zero-order chi connectivity index (χ0) is 8.97. The van der Waals surface area contributed by atoms with E-state index in [0.29, 0.717) is 11.3 Å². The maximum atomic E-state index is 10.3. The Kier molecular flexibility index (Phi) is 2.44. The topological polar surface area (TPSA) is 50.2 Å². The molecular weight excluding hydrogens is 154 g/mol. The SMILES string of the molecule is C#Cc1ccnc(CC(=O)O)c1. The van der Waals surface area contributed by atoms with Crippen LogP contribution < -0.4 is 0 Å². The van der Waals surface area contributed by atoms with Crippen molar-refractivity contribution in [2.24, 2.45) is 0 Å². The standard InChI is InChI=1S/C9H7NO2/c1-2-7-3-4-10-8(5-7)6-9(11)12/h1,3-5H,6H2,(H,11,12). The molecule has 0 aliphatic carbocycles. The van der Waals surface area contributed by atoms with Crippen molar-refractivity contribution in [1.29, 1.82) is 0 Å². The maximum absolute atomic E-state index is 10.3. The van der Waals surface area contributed by atoms with Gasteiger partial charge in [-0.25, -0.2) is 0 Å². The Morgan fingerprint density at radius 3 is 3.08 bits per heavy atom. The van der Waals surface area contributed by atoms with Crippen molar-refractivity contribution in [2.45, 2.75) is 6.42 Å². The van der Waals surface area contributed by atoms with E-state index < -0.39 is 5.97 Å². The summed E-state index contributed by atoms with van der Waals surface area (Å²) in [6, 6.07) is 3.25. The molecule has 0 radical (unpaired) electrons. The third-order valence-corrected chi connectivity index (χ3v) is 1.32. The average Bonchev–Trinajstić information content (AvgIpc) is 2.03. The van der Waals surface area contributed by atoms with Gasteiger partial charge in [0.2, 0.25) is 0 Å². The Hall–Kier alpha value is -1.82. The zero-order valence-electron chi connectivity index (χ0n) is 6.32. The minimum absolute atomic E-state index is 0.0878. The molecule has 1 aromatic heterocycles. The Labute approximate surface area is 70.1 Å². The van der Waals surface area contributed by atoms with Gasteiger partial charge in [0, 0.05) is 11.8 Å². The van der Waals surface area contributed by atoms with Crippen LogP contribution in [0.4, 0.5) is 0 Å². The molecule has 0 atom stereocenters. The largest absolute Gasteiger partial charge is 0.481 e. The second kappa shape index (κ2) is 3.54. The summed E-state index contributed by atoms with van der Waals surface area (Å²) in [5.41, 5.74) is 1.14. The van der Waals surface area contributed by atoms with Gasteiger partial charge in [0.1, 0.15) is 0 Å². The van der Waals surface area contributed by atoms with E-state index in [-0.39, 0.29) is 6.42 Å². The molecule has 1 N–H and O–H groups in total. The number of pyridine rings is 1. The van der Waals surface area contributed by atoms with Gasteiger partial charge in [-0.05, 0) is 12.1 Å². The van der Waals surface area contributed by atoms with E-state index in [1.165, 1.54) is 6.20 Å². The molecular formula is C9H7NO2. The number of carboxylic acids is 1. The second-order valence-corrected chi connectivity index (χ2v) is 2.25. The molecule has 1 rings (SSSR count). The van der Waals surface area contributed by atoms with Gasteiger partial charge in [0.05, 0.1) is 12.1 Å². The lowest BCUT2D eigenvalue weighted by atomic mass is 10.2. The summed E-state index contributed by atoms with van der Waals surface area (Å²) in [5.74, 6) is 1.50. The third kappa shape index (κ3) is 2.10. The van der Waals surface area contributed by atoms with Gasteiger partial charge >= 0.3 is 5.97 Å². The smallest absolute Gasteiger partial charge is 0.309 e. The van der Waals surface area contributed by atoms with E-state index in [1.54, 1.807) is 12.1 Å². The van der Waals surface area contributed by atoms with Crippen LogP contribution in [0.25, 0.3) is 0 Å². The molecule has 0 spiro atoms. The van der Waals surface area contributed by atoms with Crippen molar-refractivity contribution in [3.05, 3.63) is 29.6 Å². The first-order chi connectivity index (χ1) is 5.72. The first-order valence-corrected chi connectivity index (χ1v) is 3.35. The summed E-state index contributed by atoms with van der Waals surface area (Å²) in [4.78, 5) is 14.1. The molecule has 60 valence electrons. The molecule has 0 aliphatic heterocycles. The summed E-state index contributed by atoms with van der Waals surface area (Å²) >= 11 is 0. The molecule has 1 heterocycles. The fourth-order valence-corrected chi connectivity index (χ4v) is 0.820. The number of terminal acetylenes is 1. The van der Waals surface area contributed by atoms with Crippen LogP contribution in [0.3, 0.4) is 0 Å². The third-order valence-electron chi connectivity index (χ3n) is 1.32. The molecule has 3 heteroatoms. The van der Waals surface area contributed by atoms with Crippen molar-refractivity contribution in [3.63, 3.8) is 0 Å². The van der Waals surface area contributed by atoms with Crippen LogP contribution in [0, 0.1) is 12.3 Å². The average molecular weight is 161 g/mol. The van der Waals surface area contributed by atoms with Crippen LogP contribution in [0.15, 0.2) is 18.3 Å². The van der Waals surface area contributed by atoms with Crippen LogP contribution >= 0.6 is 0 Å². The highest BCUT2D eigenvalue weighted by Gasteiger charge is 2.00. The summed E-state index contributed by atoms with van der Waals surface area (Å²) in [6.45, 7) is 0. The number of aromatic nitrogens is 1. The molecule has 0 saturated carbocycles. The van der Waals surface area contributed by atoms with Gasteiger partial charge in [-0.3, -0.25) is 9.78 Å². The molecule has 0 bridgehead atoms. The van der Waals surface area contributed by atoms with Crippen LogP contribution in [0.2, 0.25) is 0 Å². The van der Waals surface area contributed by atoms with Crippen LogP contribution in [0.5, 0.6) is 0 Å². The number of nitrogens with zero attached hydrogens (tertiary/aromatic N) is 1. The van der Waals surface area contributed by atoms with Crippen molar-refractivity contribution in [2.75, 3.05) is 0 Å². The fourth-order valence-electron chi connectivity index (χ4n) is 0.820. The van der Waals surface area contributed by atoms with E-state index >= 15 is 0 Å². The lowest BCUT2D eigenvalue weighted by Crippen LogP contribution is -2.02. The normalized spacial score (nSPS) is 8.92. The summed E-state index contributed by atoms with van der Waals surface area (Å²) in [6.07, 6.45) is 6.54. The Bertz CT molecular complexity index is 339. The second-order valence-electron chi connectivity index (χ2n) is 2.25. The molecule has 0 amide bonds. The minimum Gasteiger partial charge on any atom is -0.481 e. The monoisotopic (exact) mass is 161 g/mol. The van der Waals surface area contributed by atoms with E-state index in [9.17, 15) is 4.79 Å². The number of carboxylic acid groups (broad SMARTS) is 1. The van der Waals surface area contributed by atoms with Crippen molar-refractivity contribution < 1.29 is 9.90 Å². The lowest BCUT2D eigenvalue weighted by Gasteiger charge is -1.95. The molecule has 0 aromatic carbocycles. The molecule has 0 unspecified atom stereocenters. The molecule has 0 fully saturated rings. The van der Waals surface area contributed by atoms with Crippen molar-refractivity contribution in [1.82, 2.24) is 4.98 Å². The number of carbonyl (C=O) groups is 1. The highest BCUT2D eigenvalue weighted by Crippen LogP contribution is 2.00. The van der Waals surface area contributed by atoms with E-state index in [4.69, 9.17) is 11.5 Å². The van der Waals surface area contributed by atoms with Gasteiger partial charge in [0.25, 0.3) is 0 Å². The zero-order valence-corrected chi connectivity index (χ0v) is 6.32. The molecule has 0 aliphatic rings. The van der Waals surface area contributed by atoms with E-state index in [1.807, 2.05) is 0 Å². The maximum Gasteiger partial charge on any atom is 0.309 e. The van der Waals surface area contributed by atoms with Gasteiger partial charge in [-0.15, -0.1) is 6.42 Å².